The van der Waals surface area contributed by atoms with E-state index in [-0.39, 0.29) is 0 Å². The number of fused-ring (bicyclic) bond motifs is 2. The average Bonchev–Trinajstić information content (AvgIpc) is 2.87. The smallest absolute Gasteiger partial charge is 0.0713 e. The Morgan fingerprint density at radius 3 is 2.75 bits per heavy atom. The van der Waals surface area contributed by atoms with Crippen LogP contribution in [0.2, 0.25) is 0 Å². The third-order valence-corrected chi connectivity index (χ3v) is 5.82. The molecule has 1 aromatic carbocycles. The van der Waals surface area contributed by atoms with Crippen molar-refractivity contribution in [3.63, 3.8) is 0 Å². The molecular weight excluding hydrogens is 246 g/mol. The first kappa shape index (κ1) is 13.9. The van der Waals surface area contributed by atoms with Gasteiger partial charge < -0.3 is 10.1 Å². The second-order valence-corrected chi connectivity index (χ2v) is 7.63. The fourth-order valence-electron chi connectivity index (χ4n) is 4.75. The maximum Gasteiger partial charge on any atom is 0.0713 e. The zero-order valence-corrected chi connectivity index (χ0v) is 13.2. The minimum atomic E-state index is 0.393. The fraction of sp³-hybridized carbons (Fsp3) is 0.667. The highest BCUT2D eigenvalue weighted by molar-refractivity contribution is 5.48. The predicted molar refractivity (Wildman–Crippen MR) is 83.8 cm³/mol. The summed E-state index contributed by atoms with van der Waals surface area (Å²) in [6, 6.07) is 9.24. The summed E-state index contributed by atoms with van der Waals surface area (Å²) in [5, 5.41) is 3.85. The number of anilines is 1. The van der Waals surface area contributed by atoms with Gasteiger partial charge in [0.2, 0.25) is 0 Å². The largest absolute Gasteiger partial charge is 0.381 e. The lowest BCUT2D eigenvalue weighted by atomic mass is 9.68. The van der Waals surface area contributed by atoms with Gasteiger partial charge in [-0.3, -0.25) is 0 Å². The molecule has 0 heterocycles. The predicted octanol–water partition coefficient (Wildman–Crippen LogP) is 4.46. The molecule has 20 heavy (non-hydrogen) atoms. The van der Waals surface area contributed by atoms with Gasteiger partial charge in [-0.1, -0.05) is 32.9 Å². The summed E-state index contributed by atoms with van der Waals surface area (Å²) in [4.78, 5) is 0. The molecule has 3 rings (SSSR count). The van der Waals surface area contributed by atoms with Gasteiger partial charge in [0, 0.05) is 18.8 Å². The van der Waals surface area contributed by atoms with E-state index in [1.165, 1.54) is 30.5 Å². The Morgan fingerprint density at radius 2 is 2.10 bits per heavy atom. The van der Waals surface area contributed by atoms with E-state index in [1.807, 2.05) is 0 Å². The third kappa shape index (κ3) is 2.14. The van der Waals surface area contributed by atoms with Gasteiger partial charge in [-0.25, -0.2) is 0 Å². The number of ether oxygens (including phenoxy) is 1. The van der Waals surface area contributed by atoms with Gasteiger partial charge in [0.15, 0.2) is 0 Å². The summed E-state index contributed by atoms with van der Waals surface area (Å²) in [5.74, 6) is 0.882. The Labute approximate surface area is 122 Å². The van der Waals surface area contributed by atoms with Gasteiger partial charge in [0.05, 0.1) is 6.61 Å². The quantitative estimate of drug-likeness (QED) is 0.874. The van der Waals surface area contributed by atoms with Crippen molar-refractivity contribution in [1.29, 1.82) is 0 Å². The summed E-state index contributed by atoms with van der Waals surface area (Å²) in [5.41, 5.74) is 3.34. The van der Waals surface area contributed by atoms with Crippen molar-refractivity contribution in [2.75, 3.05) is 12.4 Å². The van der Waals surface area contributed by atoms with Gasteiger partial charge in [-0.2, -0.15) is 0 Å². The first-order valence-electron chi connectivity index (χ1n) is 7.80. The fourth-order valence-corrected chi connectivity index (χ4v) is 4.75. The number of rotatable bonds is 4. The Bertz CT molecular complexity index is 491. The highest BCUT2D eigenvalue weighted by atomic mass is 16.5. The maximum absolute atomic E-state index is 5.24. The molecule has 110 valence electrons. The first-order chi connectivity index (χ1) is 9.45. The number of hydrogen-bond acceptors (Lipinski definition) is 2. The molecule has 2 nitrogen and oxygen atoms in total. The molecule has 1 unspecified atom stereocenters. The maximum atomic E-state index is 5.24. The van der Waals surface area contributed by atoms with E-state index in [0.717, 1.165) is 5.92 Å². The van der Waals surface area contributed by atoms with Gasteiger partial charge in [-0.15, -0.1) is 0 Å². The van der Waals surface area contributed by atoms with E-state index < -0.39 is 0 Å². The van der Waals surface area contributed by atoms with Crippen molar-refractivity contribution in [3.05, 3.63) is 29.8 Å². The molecule has 2 fully saturated rings. The van der Waals surface area contributed by atoms with E-state index in [4.69, 9.17) is 4.74 Å². The molecule has 2 bridgehead atoms. The molecule has 1 N–H and O–H groups in total. The van der Waals surface area contributed by atoms with Crippen LogP contribution in [0.4, 0.5) is 5.69 Å². The van der Waals surface area contributed by atoms with E-state index in [9.17, 15) is 0 Å². The Kier molecular flexibility index (Phi) is 3.32. The van der Waals surface area contributed by atoms with Crippen LogP contribution in [0.25, 0.3) is 0 Å². The number of nitrogens with one attached hydrogen (secondary N) is 1. The average molecular weight is 273 g/mol. The normalized spacial score (nSPS) is 34.4. The molecule has 0 amide bonds. The number of methoxy groups -OCH3 is 1. The van der Waals surface area contributed by atoms with Crippen LogP contribution in [0.3, 0.4) is 0 Å². The molecular formula is C18H27NO. The zero-order chi connectivity index (χ0) is 14.4. The van der Waals surface area contributed by atoms with Crippen molar-refractivity contribution in [2.24, 2.45) is 16.7 Å². The first-order valence-corrected chi connectivity index (χ1v) is 7.80. The van der Waals surface area contributed by atoms with Crippen molar-refractivity contribution in [2.45, 2.75) is 52.7 Å². The molecule has 2 saturated carbocycles. The van der Waals surface area contributed by atoms with Crippen molar-refractivity contribution < 1.29 is 4.74 Å². The Balaban J connectivity index is 1.82. The van der Waals surface area contributed by atoms with Crippen LogP contribution in [-0.2, 0) is 11.3 Å². The van der Waals surface area contributed by atoms with Gasteiger partial charge in [-0.05, 0) is 53.7 Å². The van der Waals surface area contributed by atoms with Crippen LogP contribution in [0.1, 0.15) is 45.6 Å². The molecule has 1 aromatic rings. The van der Waals surface area contributed by atoms with Gasteiger partial charge in [0.25, 0.3) is 0 Å². The lowest BCUT2D eigenvalue weighted by Crippen LogP contribution is -2.45. The van der Waals surface area contributed by atoms with Crippen molar-refractivity contribution in [1.82, 2.24) is 0 Å². The summed E-state index contributed by atoms with van der Waals surface area (Å²) in [6.45, 7) is 8.04. The third-order valence-electron chi connectivity index (χ3n) is 5.82. The molecule has 3 atom stereocenters. The summed E-state index contributed by atoms with van der Waals surface area (Å²) < 4.78 is 5.24. The van der Waals surface area contributed by atoms with E-state index in [1.54, 1.807) is 7.11 Å². The highest BCUT2D eigenvalue weighted by Gasteiger charge is 2.59. The van der Waals surface area contributed by atoms with Crippen LogP contribution in [-0.4, -0.2) is 13.2 Å². The topological polar surface area (TPSA) is 21.3 Å². The van der Waals surface area contributed by atoms with Crippen molar-refractivity contribution >= 4 is 5.69 Å². The molecule has 0 saturated heterocycles. The highest BCUT2D eigenvalue weighted by Crippen LogP contribution is 2.63. The minimum absolute atomic E-state index is 0.393. The van der Waals surface area contributed by atoms with Gasteiger partial charge in [0.1, 0.15) is 0 Å². The van der Waals surface area contributed by atoms with E-state index in [2.05, 4.69) is 50.4 Å². The monoisotopic (exact) mass is 273 g/mol. The number of hydrogen-bond donors (Lipinski definition) is 1. The SMILES string of the molecule is COCc1cccc(NC2C(C)(C)[C@H]3CC[C@]2(C)C3)c1. The summed E-state index contributed by atoms with van der Waals surface area (Å²) in [6.07, 6.45) is 4.16. The zero-order valence-electron chi connectivity index (χ0n) is 13.2. The lowest BCUT2D eigenvalue weighted by Gasteiger charge is -2.43. The van der Waals surface area contributed by atoms with Crippen LogP contribution in [0.15, 0.2) is 24.3 Å². The lowest BCUT2D eigenvalue weighted by molar-refractivity contribution is 0.155. The standard InChI is InChI=1S/C18H27NO/c1-17(2)14-8-9-18(3,11-14)16(17)19-15-7-5-6-13(10-15)12-20-4/h5-7,10,14,16,19H,8-9,11-12H2,1-4H3/t14-,16?,18+/m0/s1. The second kappa shape index (κ2) is 4.77. The number of benzene rings is 1. The molecule has 0 radical (unpaired) electrons. The second-order valence-electron chi connectivity index (χ2n) is 7.63. The summed E-state index contributed by atoms with van der Waals surface area (Å²) in [7, 11) is 1.75. The van der Waals surface area contributed by atoms with Crippen LogP contribution < -0.4 is 5.32 Å². The Morgan fingerprint density at radius 1 is 1.30 bits per heavy atom. The van der Waals surface area contributed by atoms with E-state index >= 15 is 0 Å². The molecule has 2 aliphatic carbocycles. The molecule has 0 spiro atoms. The minimum Gasteiger partial charge on any atom is -0.381 e. The Hall–Kier alpha value is -1.02. The van der Waals surface area contributed by atoms with Crippen LogP contribution in [0, 0.1) is 16.7 Å². The molecule has 2 aliphatic rings. The van der Waals surface area contributed by atoms with Crippen LogP contribution in [0.5, 0.6) is 0 Å². The summed E-state index contributed by atoms with van der Waals surface area (Å²) >= 11 is 0. The van der Waals surface area contributed by atoms with Crippen molar-refractivity contribution in [3.8, 4) is 0 Å². The van der Waals surface area contributed by atoms with Crippen LogP contribution >= 0.6 is 0 Å². The van der Waals surface area contributed by atoms with E-state index in [0.29, 0.717) is 23.5 Å². The van der Waals surface area contributed by atoms with Gasteiger partial charge >= 0.3 is 0 Å². The molecule has 0 aromatic heterocycles. The molecule has 0 aliphatic heterocycles. The molecule has 2 heteroatoms.